The number of halogens is 2. The third kappa shape index (κ3) is 7.65. The van der Waals surface area contributed by atoms with Gasteiger partial charge in [-0.25, -0.2) is 21.2 Å². The molecule has 1 aliphatic rings. The van der Waals surface area contributed by atoms with E-state index in [1.165, 1.54) is 66.5 Å². The average molecular weight is 654 g/mol. The SMILES string of the molecule is C[C@H]1CN([C@@H](C)CO)C(=O)Cc2cc(NS(=O)(=O)c3ccc(Cl)cc3)ccc2O[C@@H]1CN(C)S(=O)(=O)c1ccc(F)cc1. The number of hydrogen-bond donors (Lipinski definition) is 2. The van der Waals surface area contributed by atoms with Gasteiger partial charge >= 0.3 is 0 Å². The fourth-order valence-corrected chi connectivity index (χ4v) is 7.04. The molecular formula is C29H33ClFN3O7S2. The van der Waals surface area contributed by atoms with Gasteiger partial charge in [-0.1, -0.05) is 18.5 Å². The Morgan fingerprint density at radius 1 is 1.07 bits per heavy atom. The molecule has 3 aromatic carbocycles. The Bertz CT molecular complexity index is 1670. The van der Waals surface area contributed by atoms with Crippen molar-refractivity contribution in [1.29, 1.82) is 0 Å². The Balaban J connectivity index is 1.68. The van der Waals surface area contributed by atoms with Crippen LogP contribution >= 0.6 is 11.6 Å². The second-order valence-corrected chi connectivity index (χ2v) is 14.7. The topological polar surface area (TPSA) is 133 Å². The molecule has 0 saturated carbocycles. The lowest BCUT2D eigenvalue weighted by Crippen LogP contribution is -2.48. The molecule has 0 aliphatic carbocycles. The van der Waals surface area contributed by atoms with Crippen LogP contribution in [-0.4, -0.2) is 75.9 Å². The van der Waals surface area contributed by atoms with Crippen molar-refractivity contribution >= 4 is 43.2 Å². The molecule has 232 valence electrons. The predicted octanol–water partition coefficient (Wildman–Crippen LogP) is 3.75. The predicted molar refractivity (Wildman–Crippen MR) is 160 cm³/mol. The number of rotatable bonds is 9. The number of amides is 1. The first kappa shape index (κ1) is 32.7. The first-order valence-corrected chi connectivity index (χ1v) is 16.7. The van der Waals surface area contributed by atoms with Crippen molar-refractivity contribution in [3.8, 4) is 5.75 Å². The number of benzene rings is 3. The summed E-state index contributed by atoms with van der Waals surface area (Å²) in [5, 5.41) is 10.2. The third-order valence-corrected chi connectivity index (χ3v) is 10.7. The number of nitrogens with zero attached hydrogens (tertiary/aromatic N) is 2. The molecule has 1 heterocycles. The minimum absolute atomic E-state index is 0.00463. The molecule has 3 aromatic rings. The summed E-state index contributed by atoms with van der Waals surface area (Å²) in [6, 6.07) is 14.1. The summed E-state index contributed by atoms with van der Waals surface area (Å²) in [5.41, 5.74) is 0.561. The maximum Gasteiger partial charge on any atom is 0.261 e. The summed E-state index contributed by atoms with van der Waals surface area (Å²) in [7, 11) is -6.60. The zero-order valence-corrected chi connectivity index (χ0v) is 26.2. The van der Waals surface area contributed by atoms with Crippen molar-refractivity contribution in [3.05, 3.63) is 83.1 Å². The van der Waals surface area contributed by atoms with Gasteiger partial charge in [0.15, 0.2) is 0 Å². The lowest BCUT2D eigenvalue weighted by atomic mass is 10.0. The van der Waals surface area contributed by atoms with Gasteiger partial charge in [-0.15, -0.1) is 0 Å². The number of anilines is 1. The number of hydrogen-bond acceptors (Lipinski definition) is 7. The smallest absolute Gasteiger partial charge is 0.261 e. The van der Waals surface area contributed by atoms with Gasteiger partial charge in [-0.05, 0) is 73.7 Å². The van der Waals surface area contributed by atoms with Crippen LogP contribution in [0, 0.1) is 11.7 Å². The van der Waals surface area contributed by atoms with Crippen LogP contribution in [0.25, 0.3) is 0 Å². The highest BCUT2D eigenvalue weighted by molar-refractivity contribution is 7.92. The van der Waals surface area contributed by atoms with Crippen molar-refractivity contribution in [2.75, 3.05) is 31.5 Å². The molecule has 2 N–H and O–H groups in total. The first-order chi connectivity index (χ1) is 20.2. The van der Waals surface area contributed by atoms with Crippen molar-refractivity contribution in [1.82, 2.24) is 9.21 Å². The molecule has 0 spiro atoms. The Labute approximate surface area is 256 Å². The highest BCUT2D eigenvalue weighted by Gasteiger charge is 2.33. The van der Waals surface area contributed by atoms with Crippen molar-refractivity contribution in [2.24, 2.45) is 5.92 Å². The minimum Gasteiger partial charge on any atom is -0.488 e. The van der Waals surface area contributed by atoms with Crippen molar-refractivity contribution in [2.45, 2.75) is 42.2 Å². The lowest BCUT2D eigenvalue weighted by molar-refractivity contribution is -0.134. The Hall–Kier alpha value is -3.23. The second kappa shape index (κ2) is 13.2. The average Bonchev–Trinajstić information content (AvgIpc) is 3.00. The number of carbonyl (C=O) groups excluding carboxylic acids is 1. The molecule has 3 atom stereocenters. The van der Waals surface area contributed by atoms with E-state index in [1.54, 1.807) is 6.92 Å². The van der Waals surface area contributed by atoms with Crippen molar-refractivity contribution in [3.63, 3.8) is 0 Å². The van der Waals surface area contributed by atoms with Gasteiger partial charge in [0, 0.05) is 35.8 Å². The fourth-order valence-electron chi connectivity index (χ4n) is 4.68. The normalized spacial score (nSPS) is 18.7. The molecule has 0 unspecified atom stereocenters. The standard InChI is InChI=1S/C29H33ClFN3O7S2/c1-19-16-34(20(2)18-35)29(36)15-21-14-24(32-42(37,38)25-9-4-22(30)5-10-25)8-13-27(21)41-28(19)17-33(3)43(39,40)26-11-6-23(31)7-12-26/h4-14,19-20,28,32,35H,15-18H2,1-3H3/t19-,20-,28+/m0/s1. The van der Waals surface area contributed by atoms with Gasteiger partial charge in [0.1, 0.15) is 17.7 Å². The van der Waals surface area contributed by atoms with E-state index in [0.29, 0.717) is 10.6 Å². The number of fused-ring (bicyclic) bond motifs is 1. The van der Waals surface area contributed by atoms with E-state index in [0.717, 1.165) is 16.4 Å². The van der Waals surface area contributed by atoms with E-state index < -0.39 is 43.9 Å². The highest BCUT2D eigenvalue weighted by Crippen LogP contribution is 2.31. The van der Waals surface area contributed by atoms with E-state index in [9.17, 15) is 31.1 Å². The first-order valence-electron chi connectivity index (χ1n) is 13.4. The minimum atomic E-state index is -4.01. The number of nitrogens with one attached hydrogen (secondary N) is 1. The van der Waals surface area contributed by atoms with E-state index in [-0.39, 0.29) is 53.3 Å². The molecule has 0 fully saturated rings. The second-order valence-electron chi connectivity index (χ2n) is 10.5. The Morgan fingerprint density at radius 3 is 2.33 bits per heavy atom. The summed E-state index contributed by atoms with van der Waals surface area (Å²) < 4.78 is 75.8. The summed E-state index contributed by atoms with van der Waals surface area (Å²) in [4.78, 5) is 14.9. The molecule has 1 amide bonds. The highest BCUT2D eigenvalue weighted by atomic mass is 35.5. The van der Waals surface area contributed by atoms with Crippen LogP contribution in [0.15, 0.2) is 76.5 Å². The molecule has 0 aromatic heterocycles. The number of ether oxygens (including phenoxy) is 1. The molecule has 43 heavy (non-hydrogen) atoms. The zero-order valence-electron chi connectivity index (χ0n) is 23.8. The molecule has 0 bridgehead atoms. The van der Waals surface area contributed by atoms with E-state index in [2.05, 4.69) is 4.72 Å². The molecule has 1 aliphatic heterocycles. The number of aliphatic hydroxyl groups is 1. The fraction of sp³-hybridized carbons (Fsp3) is 0.345. The van der Waals surface area contributed by atoms with Crippen molar-refractivity contribution < 1.29 is 35.9 Å². The van der Waals surface area contributed by atoms with E-state index in [1.807, 2.05) is 6.92 Å². The Morgan fingerprint density at radius 2 is 1.70 bits per heavy atom. The molecule has 10 nitrogen and oxygen atoms in total. The van der Waals surface area contributed by atoms with Gasteiger partial charge in [-0.2, -0.15) is 4.31 Å². The maximum atomic E-state index is 13.5. The molecule has 0 radical (unpaired) electrons. The van der Waals surface area contributed by atoms with Gasteiger partial charge < -0.3 is 14.7 Å². The number of carbonyl (C=O) groups is 1. The van der Waals surface area contributed by atoms with Crippen LogP contribution in [0.1, 0.15) is 19.4 Å². The van der Waals surface area contributed by atoms with Crippen LogP contribution in [0.4, 0.5) is 10.1 Å². The van der Waals surface area contributed by atoms with Crippen LogP contribution in [0.3, 0.4) is 0 Å². The summed E-state index contributed by atoms with van der Waals surface area (Å²) >= 11 is 5.89. The van der Waals surface area contributed by atoms with Crippen LogP contribution in [0.2, 0.25) is 5.02 Å². The summed E-state index contributed by atoms with van der Waals surface area (Å²) in [5.74, 6) is -0.989. The lowest BCUT2D eigenvalue weighted by Gasteiger charge is -2.33. The number of aliphatic hydroxyl groups excluding tert-OH is 1. The monoisotopic (exact) mass is 653 g/mol. The van der Waals surface area contributed by atoms with Crippen LogP contribution in [0.5, 0.6) is 5.75 Å². The van der Waals surface area contributed by atoms with Crippen LogP contribution in [-0.2, 0) is 31.3 Å². The number of sulfonamides is 2. The maximum absolute atomic E-state index is 13.5. The van der Waals surface area contributed by atoms with E-state index in [4.69, 9.17) is 16.3 Å². The van der Waals surface area contributed by atoms with Gasteiger partial charge in [0.2, 0.25) is 15.9 Å². The van der Waals surface area contributed by atoms with E-state index >= 15 is 0 Å². The quantitative estimate of drug-likeness (QED) is 0.359. The van der Waals surface area contributed by atoms with Gasteiger partial charge in [0.25, 0.3) is 10.0 Å². The zero-order chi connectivity index (χ0) is 31.5. The molecule has 4 rings (SSSR count). The van der Waals surface area contributed by atoms with Crippen LogP contribution < -0.4 is 9.46 Å². The summed E-state index contributed by atoms with van der Waals surface area (Å²) in [6.07, 6.45) is -0.908. The van der Waals surface area contributed by atoms with Gasteiger partial charge in [-0.3, -0.25) is 9.52 Å². The summed E-state index contributed by atoms with van der Waals surface area (Å²) in [6.45, 7) is 3.27. The molecule has 0 saturated heterocycles. The number of likely N-dealkylation sites (N-methyl/N-ethyl adjacent to an activating group) is 1. The third-order valence-electron chi connectivity index (χ3n) is 7.25. The molecule has 14 heteroatoms. The largest absolute Gasteiger partial charge is 0.488 e. The van der Waals surface area contributed by atoms with Gasteiger partial charge in [0.05, 0.1) is 35.4 Å². The Kier molecular flexibility index (Phi) is 10.0. The molecular weight excluding hydrogens is 621 g/mol.